The summed E-state index contributed by atoms with van der Waals surface area (Å²) in [5.74, 6) is 0. The van der Waals surface area contributed by atoms with Crippen molar-refractivity contribution in [3.05, 3.63) is 50.7 Å². The average Bonchev–Trinajstić information content (AvgIpc) is 2.92. The molecule has 2 aromatic rings. The van der Waals surface area contributed by atoms with Crippen LogP contribution in [0.4, 0.5) is 17.1 Å². The van der Waals surface area contributed by atoms with E-state index in [0.29, 0.717) is 0 Å². The summed E-state index contributed by atoms with van der Waals surface area (Å²) in [5, 5.41) is 21.5. The number of rotatable bonds is 6. The first-order valence-corrected chi connectivity index (χ1v) is 7.36. The van der Waals surface area contributed by atoms with Gasteiger partial charge >= 0.3 is 0 Å². The van der Waals surface area contributed by atoms with E-state index in [-0.39, 0.29) is 16.7 Å². The summed E-state index contributed by atoms with van der Waals surface area (Å²) in [6.07, 6.45) is 0. The van der Waals surface area contributed by atoms with E-state index in [1.165, 1.54) is 5.56 Å². The Hall–Kier alpha value is -2.08. The molecule has 0 saturated carbocycles. The smallest absolute Gasteiger partial charge is 0.273 e. The molecule has 0 radical (unpaired) electrons. The number of thiophene rings is 1. The van der Waals surface area contributed by atoms with Crippen molar-refractivity contribution in [2.75, 3.05) is 17.2 Å². The summed E-state index contributed by atoms with van der Waals surface area (Å²) in [7, 11) is 0. The molecule has 0 amide bonds. The third-order valence-electron chi connectivity index (χ3n) is 2.94. The molecule has 0 saturated heterocycles. The molecule has 1 atom stereocenters. The Bertz CT molecular complexity index is 584. The first-order valence-electron chi connectivity index (χ1n) is 6.42. The van der Waals surface area contributed by atoms with E-state index in [0.717, 1.165) is 17.9 Å². The van der Waals surface area contributed by atoms with E-state index in [4.69, 9.17) is 0 Å². The molecule has 1 unspecified atom stereocenters. The summed E-state index contributed by atoms with van der Waals surface area (Å²) < 4.78 is 0. The Labute approximate surface area is 121 Å². The molecular weight excluding hydrogens is 274 g/mol. The lowest BCUT2D eigenvalue weighted by Crippen LogP contribution is -2.07. The number of benzene rings is 1. The number of hydrogen-bond donors (Lipinski definition) is 2. The zero-order valence-corrected chi connectivity index (χ0v) is 12.2. The molecule has 0 bridgehead atoms. The topological polar surface area (TPSA) is 67.2 Å². The van der Waals surface area contributed by atoms with Gasteiger partial charge in [-0.05, 0) is 42.3 Å². The highest BCUT2D eigenvalue weighted by molar-refractivity contribution is 7.07. The molecule has 106 valence electrons. The highest BCUT2D eigenvalue weighted by Crippen LogP contribution is 2.27. The predicted octanol–water partition coefficient (Wildman–Crippen LogP) is 4.26. The molecule has 2 N–H and O–H groups in total. The van der Waals surface area contributed by atoms with Crippen molar-refractivity contribution < 1.29 is 4.92 Å². The Morgan fingerprint density at radius 1 is 1.35 bits per heavy atom. The standard InChI is InChI=1S/C14H17N3O2S/c1-3-15-12-6-13(8-14(7-12)17(18)19)16-10(2)11-4-5-20-9-11/h4-10,15-16H,3H2,1-2H3. The van der Waals surface area contributed by atoms with Gasteiger partial charge in [-0.25, -0.2) is 0 Å². The van der Waals surface area contributed by atoms with Crippen molar-refractivity contribution in [2.45, 2.75) is 19.9 Å². The maximum atomic E-state index is 11.0. The van der Waals surface area contributed by atoms with Crippen molar-refractivity contribution in [3.63, 3.8) is 0 Å². The molecule has 0 fully saturated rings. The molecule has 1 aromatic heterocycles. The largest absolute Gasteiger partial charge is 0.385 e. The van der Waals surface area contributed by atoms with Crippen LogP contribution < -0.4 is 10.6 Å². The Kier molecular flexibility index (Phi) is 4.57. The molecule has 1 heterocycles. The SMILES string of the molecule is CCNc1cc(NC(C)c2ccsc2)cc([N+](=O)[O-])c1. The van der Waals surface area contributed by atoms with Crippen molar-refractivity contribution in [2.24, 2.45) is 0 Å². The van der Waals surface area contributed by atoms with Crippen LogP contribution in [-0.2, 0) is 0 Å². The summed E-state index contributed by atoms with van der Waals surface area (Å²) in [4.78, 5) is 10.6. The van der Waals surface area contributed by atoms with Crippen LogP contribution in [0.25, 0.3) is 0 Å². The van der Waals surface area contributed by atoms with Gasteiger partial charge in [0.15, 0.2) is 0 Å². The lowest BCUT2D eigenvalue weighted by Gasteiger charge is -2.15. The second kappa shape index (κ2) is 6.38. The molecule has 0 spiro atoms. The number of non-ortho nitro benzene ring substituents is 1. The number of nitrogens with zero attached hydrogens (tertiary/aromatic N) is 1. The predicted molar refractivity (Wildman–Crippen MR) is 83.6 cm³/mol. The lowest BCUT2D eigenvalue weighted by atomic mass is 10.1. The second-order valence-electron chi connectivity index (χ2n) is 4.48. The van der Waals surface area contributed by atoms with Crippen LogP contribution in [0.3, 0.4) is 0 Å². The fourth-order valence-corrected chi connectivity index (χ4v) is 2.71. The van der Waals surface area contributed by atoms with Gasteiger partial charge in [0.25, 0.3) is 5.69 Å². The van der Waals surface area contributed by atoms with Gasteiger partial charge in [0.1, 0.15) is 0 Å². The van der Waals surface area contributed by atoms with Crippen LogP contribution >= 0.6 is 11.3 Å². The van der Waals surface area contributed by atoms with Gasteiger partial charge in [-0.15, -0.1) is 0 Å². The average molecular weight is 291 g/mol. The first kappa shape index (κ1) is 14.3. The second-order valence-corrected chi connectivity index (χ2v) is 5.26. The van der Waals surface area contributed by atoms with Crippen LogP contribution in [0.2, 0.25) is 0 Å². The summed E-state index contributed by atoms with van der Waals surface area (Å²) in [6.45, 7) is 4.72. The van der Waals surface area contributed by atoms with E-state index in [9.17, 15) is 10.1 Å². The number of hydrogen-bond acceptors (Lipinski definition) is 5. The van der Waals surface area contributed by atoms with Gasteiger partial charge in [0.05, 0.1) is 4.92 Å². The Morgan fingerprint density at radius 2 is 2.10 bits per heavy atom. The van der Waals surface area contributed by atoms with E-state index in [1.807, 2.05) is 31.4 Å². The van der Waals surface area contributed by atoms with E-state index >= 15 is 0 Å². The fraction of sp³-hybridized carbons (Fsp3) is 0.286. The summed E-state index contributed by atoms with van der Waals surface area (Å²) in [6, 6.07) is 7.15. The molecular formula is C14H17N3O2S. The lowest BCUT2D eigenvalue weighted by molar-refractivity contribution is -0.384. The van der Waals surface area contributed by atoms with Gasteiger partial charge in [-0.3, -0.25) is 10.1 Å². The minimum Gasteiger partial charge on any atom is -0.385 e. The van der Waals surface area contributed by atoms with Crippen molar-refractivity contribution >= 4 is 28.4 Å². The van der Waals surface area contributed by atoms with Gasteiger partial charge < -0.3 is 10.6 Å². The maximum absolute atomic E-state index is 11.0. The van der Waals surface area contributed by atoms with Crippen LogP contribution in [0.1, 0.15) is 25.5 Å². The molecule has 6 heteroatoms. The maximum Gasteiger partial charge on any atom is 0.273 e. The van der Waals surface area contributed by atoms with E-state index < -0.39 is 0 Å². The summed E-state index contributed by atoms with van der Waals surface area (Å²) >= 11 is 1.64. The van der Waals surface area contributed by atoms with Gasteiger partial charge in [0.2, 0.25) is 0 Å². The Morgan fingerprint density at radius 3 is 2.70 bits per heavy atom. The molecule has 0 aliphatic rings. The fourth-order valence-electron chi connectivity index (χ4n) is 1.96. The van der Waals surface area contributed by atoms with Crippen molar-refractivity contribution in [1.29, 1.82) is 0 Å². The highest BCUT2D eigenvalue weighted by Gasteiger charge is 2.12. The zero-order valence-electron chi connectivity index (χ0n) is 11.4. The molecule has 1 aromatic carbocycles. The first-order chi connectivity index (χ1) is 9.60. The van der Waals surface area contributed by atoms with Gasteiger partial charge in [-0.1, -0.05) is 0 Å². The van der Waals surface area contributed by atoms with Crippen LogP contribution in [0, 0.1) is 10.1 Å². The molecule has 0 aliphatic heterocycles. The van der Waals surface area contributed by atoms with Crippen molar-refractivity contribution in [3.8, 4) is 0 Å². The molecule has 0 aliphatic carbocycles. The minimum absolute atomic E-state index is 0.0865. The number of anilines is 2. The number of nitrogens with one attached hydrogen (secondary N) is 2. The zero-order chi connectivity index (χ0) is 14.5. The normalized spacial score (nSPS) is 11.9. The summed E-state index contributed by atoms with van der Waals surface area (Å²) in [5.41, 5.74) is 2.76. The minimum atomic E-state index is -0.374. The molecule has 5 nitrogen and oxygen atoms in total. The monoisotopic (exact) mass is 291 g/mol. The Balaban J connectivity index is 2.23. The van der Waals surface area contributed by atoms with E-state index in [1.54, 1.807) is 23.5 Å². The number of nitro benzene ring substituents is 1. The highest BCUT2D eigenvalue weighted by atomic mass is 32.1. The van der Waals surface area contributed by atoms with Crippen LogP contribution in [0.15, 0.2) is 35.0 Å². The number of nitro groups is 1. The third-order valence-corrected chi connectivity index (χ3v) is 3.64. The van der Waals surface area contributed by atoms with Gasteiger partial charge in [-0.2, -0.15) is 11.3 Å². The van der Waals surface area contributed by atoms with Crippen LogP contribution in [0.5, 0.6) is 0 Å². The molecule has 20 heavy (non-hydrogen) atoms. The molecule has 2 rings (SSSR count). The van der Waals surface area contributed by atoms with E-state index in [2.05, 4.69) is 16.0 Å². The van der Waals surface area contributed by atoms with Crippen LogP contribution in [-0.4, -0.2) is 11.5 Å². The van der Waals surface area contributed by atoms with Crippen molar-refractivity contribution in [1.82, 2.24) is 0 Å². The third kappa shape index (κ3) is 3.48. The van der Waals surface area contributed by atoms with Gasteiger partial charge in [0, 0.05) is 36.1 Å². The quantitative estimate of drug-likeness (QED) is 0.616.